The molecule has 0 spiro atoms. The summed E-state index contributed by atoms with van der Waals surface area (Å²) in [6.07, 6.45) is 0.991. The molecule has 0 unspecified atom stereocenters. The average molecular weight is 466 g/mol. The molecule has 3 heterocycles. The molecule has 0 fully saturated rings. The maximum absolute atomic E-state index is 12.4. The molecule has 7 heteroatoms. The highest BCUT2D eigenvalue weighted by Gasteiger charge is 2.35. The number of hydrogen-bond donors (Lipinski definition) is 2. The quantitative estimate of drug-likeness (QED) is 0.443. The number of nitrogens with one attached hydrogen (secondary N) is 1. The van der Waals surface area contributed by atoms with E-state index in [1.807, 2.05) is 24.3 Å². The highest BCUT2D eigenvalue weighted by atomic mass is 16.4. The summed E-state index contributed by atoms with van der Waals surface area (Å²) in [4.78, 5) is 40.7. The third kappa shape index (κ3) is 4.54. The summed E-state index contributed by atoms with van der Waals surface area (Å²) in [6.45, 7) is 2.21. The second kappa shape index (κ2) is 9.48. The van der Waals surface area contributed by atoms with E-state index >= 15 is 0 Å². The van der Waals surface area contributed by atoms with Crippen LogP contribution in [0.25, 0.3) is 10.9 Å². The summed E-state index contributed by atoms with van der Waals surface area (Å²) in [5, 5.41) is 13.0. The number of aromatic nitrogens is 1. The van der Waals surface area contributed by atoms with Gasteiger partial charge in [-0.2, -0.15) is 0 Å². The van der Waals surface area contributed by atoms with Crippen molar-refractivity contribution in [2.75, 3.05) is 6.54 Å². The number of amides is 2. The van der Waals surface area contributed by atoms with Crippen LogP contribution in [0.4, 0.5) is 0 Å². The van der Waals surface area contributed by atoms with E-state index in [4.69, 9.17) is 5.11 Å². The first-order valence-corrected chi connectivity index (χ1v) is 11.4. The fourth-order valence-corrected chi connectivity index (χ4v) is 4.38. The van der Waals surface area contributed by atoms with Crippen LogP contribution in [0.15, 0.2) is 78.9 Å². The van der Waals surface area contributed by atoms with Crippen LogP contribution in [-0.4, -0.2) is 39.3 Å². The summed E-state index contributed by atoms with van der Waals surface area (Å²) in [7, 11) is 0. The summed E-state index contributed by atoms with van der Waals surface area (Å²) < 4.78 is 0. The number of benzene rings is 3. The van der Waals surface area contributed by atoms with Crippen molar-refractivity contribution in [2.24, 2.45) is 0 Å². The monoisotopic (exact) mass is 465 g/mol. The van der Waals surface area contributed by atoms with Crippen molar-refractivity contribution in [1.82, 2.24) is 15.2 Å². The van der Waals surface area contributed by atoms with Gasteiger partial charge in [0.15, 0.2) is 0 Å². The molecule has 2 amide bonds. The van der Waals surface area contributed by atoms with Gasteiger partial charge in [-0.25, -0.2) is 9.78 Å². The maximum Gasteiger partial charge on any atom is 0.354 e. The third-order valence-electron chi connectivity index (χ3n) is 6.19. The molecule has 0 aliphatic carbocycles. The second-order valence-electron chi connectivity index (χ2n) is 8.47. The summed E-state index contributed by atoms with van der Waals surface area (Å²) in [5.74, 6) is -1.38. The number of hydrogen-bond acceptors (Lipinski definition) is 5. The first-order chi connectivity index (χ1) is 17.0. The van der Waals surface area contributed by atoms with Gasteiger partial charge >= 0.3 is 5.97 Å². The molecular weight excluding hydrogens is 442 g/mol. The molecule has 0 saturated carbocycles. The van der Waals surface area contributed by atoms with Crippen molar-refractivity contribution in [2.45, 2.75) is 19.5 Å². The molecule has 2 aliphatic heterocycles. The zero-order chi connectivity index (χ0) is 24.4. The molecule has 0 bridgehead atoms. The molecule has 174 valence electrons. The first-order valence-electron chi connectivity index (χ1n) is 11.4. The maximum atomic E-state index is 12.4. The van der Waals surface area contributed by atoms with E-state index in [2.05, 4.69) is 22.4 Å². The predicted octanol–water partition coefficient (Wildman–Crippen LogP) is 4.06. The van der Waals surface area contributed by atoms with Crippen LogP contribution >= 0.6 is 0 Å². The Balaban J connectivity index is 0.000000166. The fourth-order valence-electron chi connectivity index (χ4n) is 4.38. The van der Waals surface area contributed by atoms with Gasteiger partial charge in [0.2, 0.25) is 0 Å². The molecule has 0 saturated heterocycles. The lowest BCUT2D eigenvalue weighted by atomic mass is 9.98. The van der Waals surface area contributed by atoms with Gasteiger partial charge in [0, 0.05) is 11.9 Å². The molecule has 1 aromatic heterocycles. The Morgan fingerprint density at radius 2 is 1.60 bits per heavy atom. The number of pyridine rings is 1. The van der Waals surface area contributed by atoms with Crippen LogP contribution in [0.5, 0.6) is 0 Å². The van der Waals surface area contributed by atoms with E-state index in [1.54, 1.807) is 36.4 Å². The highest BCUT2D eigenvalue weighted by molar-refractivity contribution is 6.21. The van der Waals surface area contributed by atoms with Crippen molar-refractivity contribution in [3.8, 4) is 0 Å². The Morgan fingerprint density at radius 1 is 0.886 bits per heavy atom. The number of carbonyl (C=O) groups is 3. The molecule has 7 nitrogen and oxygen atoms in total. The number of fused-ring (bicyclic) bond motifs is 3. The SMILES string of the molecule is O=C(O)c1ccc2ccccc2n1.O=C1c2ccccc2C(=O)N1Cc1ccc2c(c1)CCNC2. The molecular formula is C28H23N3O4. The second-order valence-corrected chi connectivity index (χ2v) is 8.47. The molecule has 6 rings (SSSR count). The van der Waals surface area contributed by atoms with Crippen molar-refractivity contribution in [3.05, 3.63) is 112 Å². The van der Waals surface area contributed by atoms with Crippen LogP contribution in [0.1, 0.15) is 47.9 Å². The minimum atomic E-state index is -0.995. The van der Waals surface area contributed by atoms with Crippen molar-refractivity contribution in [3.63, 3.8) is 0 Å². The Hall–Kier alpha value is -4.36. The third-order valence-corrected chi connectivity index (χ3v) is 6.19. The van der Waals surface area contributed by atoms with E-state index in [1.165, 1.54) is 22.1 Å². The minimum absolute atomic E-state index is 0.0821. The fraction of sp³-hybridized carbons (Fsp3) is 0.143. The normalized spacial score (nSPS) is 14.2. The average Bonchev–Trinajstić information content (AvgIpc) is 3.13. The number of carboxylic acid groups (broad SMARTS) is 1. The lowest BCUT2D eigenvalue weighted by Gasteiger charge is -2.19. The van der Waals surface area contributed by atoms with Gasteiger partial charge in [-0.3, -0.25) is 14.5 Å². The zero-order valence-electron chi connectivity index (χ0n) is 18.9. The number of imide groups is 1. The number of para-hydroxylation sites is 1. The van der Waals surface area contributed by atoms with Crippen LogP contribution in [-0.2, 0) is 19.5 Å². The van der Waals surface area contributed by atoms with Crippen molar-refractivity contribution >= 4 is 28.7 Å². The van der Waals surface area contributed by atoms with Gasteiger partial charge in [-0.05, 0) is 53.9 Å². The van der Waals surface area contributed by atoms with E-state index in [0.29, 0.717) is 23.2 Å². The number of aromatic carboxylic acids is 1. The molecule has 0 radical (unpaired) electrons. The Bertz CT molecular complexity index is 1430. The molecule has 0 atom stereocenters. The number of carbonyl (C=O) groups excluding carboxylic acids is 2. The summed E-state index contributed by atoms with van der Waals surface area (Å²) in [5.41, 5.74) is 5.44. The van der Waals surface area contributed by atoms with E-state index in [0.717, 1.165) is 30.5 Å². The lowest BCUT2D eigenvalue weighted by molar-refractivity contribution is 0.0639. The van der Waals surface area contributed by atoms with Crippen LogP contribution < -0.4 is 5.32 Å². The topological polar surface area (TPSA) is 99.6 Å². The zero-order valence-corrected chi connectivity index (χ0v) is 18.9. The number of nitrogens with zero attached hydrogens (tertiary/aromatic N) is 2. The van der Waals surface area contributed by atoms with Crippen molar-refractivity contribution in [1.29, 1.82) is 0 Å². The molecule has 35 heavy (non-hydrogen) atoms. The van der Waals surface area contributed by atoms with E-state index < -0.39 is 5.97 Å². The van der Waals surface area contributed by atoms with Gasteiger partial charge in [0.1, 0.15) is 5.69 Å². The van der Waals surface area contributed by atoms with Gasteiger partial charge in [0.05, 0.1) is 23.2 Å². The molecule has 4 aromatic rings. The van der Waals surface area contributed by atoms with E-state index in [9.17, 15) is 14.4 Å². The standard InChI is InChI=1S/C18H16N2O2.C10H7NO2/c21-17-15-3-1-2-4-16(15)18(22)20(17)11-12-5-6-14-10-19-8-7-13(14)9-12;12-10(13)9-6-5-7-3-1-2-4-8(7)11-9/h1-6,9,19H,7-8,10-11H2;1-6H,(H,12,13). The van der Waals surface area contributed by atoms with Crippen LogP contribution in [0.2, 0.25) is 0 Å². The number of rotatable bonds is 3. The molecule has 2 aliphatic rings. The molecule has 2 N–H and O–H groups in total. The Kier molecular flexibility index (Phi) is 6.08. The number of carboxylic acids is 1. The lowest BCUT2D eigenvalue weighted by Crippen LogP contribution is -2.29. The van der Waals surface area contributed by atoms with Crippen molar-refractivity contribution < 1.29 is 19.5 Å². The van der Waals surface area contributed by atoms with Gasteiger partial charge < -0.3 is 10.4 Å². The smallest absolute Gasteiger partial charge is 0.354 e. The summed E-state index contributed by atoms with van der Waals surface area (Å²) in [6, 6.07) is 23.9. The largest absolute Gasteiger partial charge is 0.477 e. The van der Waals surface area contributed by atoms with Gasteiger partial charge in [0.25, 0.3) is 11.8 Å². The van der Waals surface area contributed by atoms with Crippen LogP contribution in [0.3, 0.4) is 0 Å². The van der Waals surface area contributed by atoms with Gasteiger partial charge in [-0.15, -0.1) is 0 Å². The Morgan fingerprint density at radius 3 is 2.34 bits per heavy atom. The summed E-state index contributed by atoms with van der Waals surface area (Å²) >= 11 is 0. The predicted molar refractivity (Wildman–Crippen MR) is 131 cm³/mol. The van der Waals surface area contributed by atoms with Gasteiger partial charge in [-0.1, -0.05) is 54.6 Å². The highest BCUT2D eigenvalue weighted by Crippen LogP contribution is 2.25. The van der Waals surface area contributed by atoms with Crippen LogP contribution in [0, 0.1) is 0 Å². The first kappa shape index (κ1) is 22.4. The minimum Gasteiger partial charge on any atom is -0.477 e. The van der Waals surface area contributed by atoms with E-state index in [-0.39, 0.29) is 17.5 Å². The molecule has 3 aromatic carbocycles. The Labute approximate surface area is 202 Å².